The van der Waals surface area contributed by atoms with Crippen LogP contribution in [0.25, 0.3) is 0 Å². The second-order valence-corrected chi connectivity index (χ2v) is 3.88. The maximum absolute atomic E-state index is 5.55. The van der Waals surface area contributed by atoms with Crippen molar-refractivity contribution in [2.45, 2.75) is 20.0 Å². The third kappa shape index (κ3) is 3.06. The Morgan fingerprint density at radius 2 is 1.94 bits per heavy atom. The second-order valence-electron chi connectivity index (χ2n) is 3.88. The lowest BCUT2D eigenvalue weighted by Crippen LogP contribution is -2.10. The highest BCUT2D eigenvalue weighted by molar-refractivity contribution is 5.24. The molecule has 0 unspecified atom stereocenters. The summed E-state index contributed by atoms with van der Waals surface area (Å²) in [6.07, 6.45) is 3.17. The lowest BCUT2D eigenvalue weighted by molar-refractivity contribution is 0.219. The fourth-order valence-electron chi connectivity index (χ4n) is 1.22. The first-order chi connectivity index (χ1) is 8.52. The van der Waals surface area contributed by atoms with E-state index in [1.165, 1.54) is 0 Å². The van der Waals surface area contributed by atoms with E-state index in [1.807, 2.05) is 13.8 Å². The van der Waals surface area contributed by atoms with Gasteiger partial charge in [0.1, 0.15) is 0 Å². The van der Waals surface area contributed by atoms with Crippen molar-refractivity contribution in [2.75, 3.05) is 5.73 Å². The molecule has 2 aromatic rings. The Morgan fingerprint density at radius 1 is 1.22 bits per heavy atom. The van der Waals surface area contributed by atoms with E-state index in [0.29, 0.717) is 5.75 Å². The van der Waals surface area contributed by atoms with E-state index in [4.69, 9.17) is 15.2 Å². The van der Waals surface area contributed by atoms with Crippen LogP contribution in [0.3, 0.4) is 0 Å². The molecule has 0 spiro atoms. The summed E-state index contributed by atoms with van der Waals surface area (Å²) >= 11 is 0. The highest BCUT2D eigenvalue weighted by Gasteiger charge is 2.09. The molecule has 2 N–H and O–H groups in total. The van der Waals surface area contributed by atoms with Gasteiger partial charge in [-0.2, -0.15) is 15.1 Å². The summed E-state index contributed by atoms with van der Waals surface area (Å²) in [6, 6.07) is 0.211. The van der Waals surface area contributed by atoms with Crippen molar-refractivity contribution in [3.05, 3.63) is 12.4 Å². The van der Waals surface area contributed by atoms with Gasteiger partial charge < -0.3 is 15.2 Å². The number of hydrogen-bond donors (Lipinski definition) is 1. The van der Waals surface area contributed by atoms with Gasteiger partial charge in [0, 0.05) is 7.05 Å². The average Bonchev–Trinajstić information content (AvgIpc) is 2.61. The van der Waals surface area contributed by atoms with Crippen molar-refractivity contribution in [1.29, 1.82) is 0 Å². The largest absolute Gasteiger partial charge is 0.461 e. The lowest BCUT2D eigenvalue weighted by atomic mass is 10.5. The number of nitrogens with zero attached hydrogens (tertiary/aromatic N) is 5. The smallest absolute Gasteiger partial charge is 0.330 e. The number of nitrogen functional groups attached to an aromatic ring is 1. The fourth-order valence-corrected chi connectivity index (χ4v) is 1.22. The first-order valence-corrected chi connectivity index (χ1v) is 5.37. The van der Waals surface area contributed by atoms with Gasteiger partial charge in [-0.15, -0.1) is 4.98 Å². The summed E-state index contributed by atoms with van der Waals surface area (Å²) in [6.45, 7) is 3.73. The van der Waals surface area contributed by atoms with Gasteiger partial charge >= 0.3 is 12.0 Å². The Bertz CT molecular complexity index is 539. The van der Waals surface area contributed by atoms with E-state index in [0.717, 1.165) is 0 Å². The normalized spacial score (nSPS) is 10.7. The number of rotatable bonds is 4. The van der Waals surface area contributed by atoms with Crippen LogP contribution >= 0.6 is 0 Å². The molecule has 0 aliphatic carbocycles. The van der Waals surface area contributed by atoms with Gasteiger partial charge in [-0.05, 0) is 13.8 Å². The maximum atomic E-state index is 5.55. The van der Waals surface area contributed by atoms with Gasteiger partial charge in [-0.1, -0.05) is 0 Å². The molecule has 8 nitrogen and oxygen atoms in total. The molecule has 0 aliphatic heterocycles. The molecule has 2 aromatic heterocycles. The summed E-state index contributed by atoms with van der Waals surface area (Å²) < 4.78 is 12.3. The van der Waals surface area contributed by atoms with E-state index in [9.17, 15) is 0 Å². The summed E-state index contributed by atoms with van der Waals surface area (Å²) in [4.78, 5) is 11.7. The molecule has 18 heavy (non-hydrogen) atoms. The molecule has 0 amide bonds. The van der Waals surface area contributed by atoms with Gasteiger partial charge in [0.15, 0.2) is 5.75 Å². The van der Waals surface area contributed by atoms with E-state index in [-0.39, 0.29) is 24.1 Å². The van der Waals surface area contributed by atoms with E-state index in [2.05, 4.69) is 20.1 Å². The Hall–Kier alpha value is -2.38. The molecule has 0 aromatic carbocycles. The predicted molar refractivity (Wildman–Crippen MR) is 63.3 cm³/mol. The first-order valence-electron chi connectivity index (χ1n) is 5.37. The van der Waals surface area contributed by atoms with Crippen molar-refractivity contribution < 1.29 is 9.47 Å². The zero-order valence-electron chi connectivity index (χ0n) is 10.4. The third-order valence-corrected chi connectivity index (χ3v) is 1.84. The summed E-state index contributed by atoms with van der Waals surface area (Å²) in [5, 5.41) is 3.96. The molecule has 96 valence electrons. The number of nitrogens with two attached hydrogens (primary N) is 1. The van der Waals surface area contributed by atoms with Crippen molar-refractivity contribution in [3.63, 3.8) is 0 Å². The van der Waals surface area contributed by atoms with Crippen molar-refractivity contribution in [3.8, 4) is 17.8 Å². The molecule has 8 heteroatoms. The second kappa shape index (κ2) is 4.86. The van der Waals surface area contributed by atoms with Gasteiger partial charge in [-0.25, -0.2) is 0 Å². The summed E-state index contributed by atoms with van der Waals surface area (Å²) in [5.41, 5.74) is 5.55. The number of ether oxygens (including phenoxy) is 2. The van der Waals surface area contributed by atoms with Gasteiger partial charge in [0.2, 0.25) is 5.95 Å². The molecule has 0 aliphatic rings. The zero-order valence-corrected chi connectivity index (χ0v) is 10.4. The molecule has 0 saturated carbocycles. The van der Waals surface area contributed by atoms with Crippen LogP contribution in [0.5, 0.6) is 17.8 Å². The van der Waals surface area contributed by atoms with Crippen molar-refractivity contribution in [2.24, 2.45) is 7.05 Å². The van der Waals surface area contributed by atoms with Gasteiger partial charge in [0.05, 0.1) is 18.5 Å². The van der Waals surface area contributed by atoms with E-state index >= 15 is 0 Å². The molecular formula is C10H14N6O2. The standard InChI is InChI=1S/C10H14N6O2/c1-6(2)17-9-13-8(11)14-10(15-9)18-7-4-12-16(3)5-7/h4-6H,1-3H3,(H2,11,13,14,15). The fraction of sp³-hybridized carbons (Fsp3) is 0.400. The highest BCUT2D eigenvalue weighted by atomic mass is 16.5. The Kier molecular flexibility index (Phi) is 3.26. The van der Waals surface area contributed by atoms with Crippen LogP contribution in [0.15, 0.2) is 12.4 Å². The lowest BCUT2D eigenvalue weighted by Gasteiger charge is -2.08. The van der Waals surface area contributed by atoms with E-state index < -0.39 is 0 Å². The van der Waals surface area contributed by atoms with Crippen LogP contribution in [0.4, 0.5) is 5.95 Å². The maximum Gasteiger partial charge on any atom is 0.330 e. The molecular weight excluding hydrogens is 236 g/mol. The van der Waals surface area contributed by atoms with E-state index in [1.54, 1.807) is 24.1 Å². The molecule has 2 rings (SSSR count). The molecule has 0 saturated heterocycles. The highest BCUT2D eigenvalue weighted by Crippen LogP contribution is 2.19. The molecule has 0 radical (unpaired) electrons. The minimum Gasteiger partial charge on any atom is -0.461 e. The number of aryl methyl sites for hydroxylation is 1. The quantitative estimate of drug-likeness (QED) is 0.854. The van der Waals surface area contributed by atoms with Gasteiger partial charge in [-0.3, -0.25) is 4.68 Å². The monoisotopic (exact) mass is 250 g/mol. The molecule has 2 heterocycles. The SMILES string of the molecule is CC(C)Oc1nc(N)nc(Oc2cnn(C)c2)n1. The van der Waals surface area contributed by atoms with Crippen LogP contribution < -0.4 is 15.2 Å². The van der Waals surface area contributed by atoms with Crippen molar-refractivity contribution >= 4 is 5.95 Å². The topological polar surface area (TPSA) is 101 Å². The third-order valence-electron chi connectivity index (χ3n) is 1.84. The van der Waals surface area contributed by atoms with Crippen LogP contribution in [0.2, 0.25) is 0 Å². The van der Waals surface area contributed by atoms with Crippen LogP contribution in [-0.4, -0.2) is 30.8 Å². The van der Waals surface area contributed by atoms with Crippen LogP contribution in [0, 0.1) is 0 Å². The minimum atomic E-state index is -0.0574. The molecule has 0 atom stereocenters. The first kappa shape index (κ1) is 12.1. The van der Waals surface area contributed by atoms with Crippen LogP contribution in [0.1, 0.15) is 13.8 Å². The summed E-state index contributed by atoms with van der Waals surface area (Å²) in [7, 11) is 1.78. The summed E-state index contributed by atoms with van der Waals surface area (Å²) in [5.74, 6) is 0.554. The molecule has 0 bridgehead atoms. The number of anilines is 1. The Balaban J connectivity index is 2.19. The Morgan fingerprint density at radius 3 is 2.56 bits per heavy atom. The number of hydrogen-bond acceptors (Lipinski definition) is 7. The van der Waals surface area contributed by atoms with Gasteiger partial charge in [0.25, 0.3) is 0 Å². The predicted octanol–water partition coefficient (Wildman–Crippen LogP) is 0.767. The minimum absolute atomic E-state index is 0.0412. The Labute approximate surface area is 104 Å². The molecule has 0 fully saturated rings. The van der Waals surface area contributed by atoms with Crippen molar-refractivity contribution in [1.82, 2.24) is 24.7 Å². The zero-order chi connectivity index (χ0) is 13.1. The van der Waals surface area contributed by atoms with Crippen LogP contribution in [-0.2, 0) is 7.05 Å². The number of aromatic nitrogens is 5. The average molecular weight is 250 g/mol.